The molecule has 3 aromatic rings. The first-order valence-corrected chi connectivity index (χ1v) is 10.0. The third-order valence-corrected chi connectivity index (χ3v) is 4.71. The van der Waals surface area contributed by atoms with Crippen LogP contribution in [0.2, 0.25) is 0 Å². The fourth-order valence-corrected chi connectivity index (χ4v) is 3.30. The van der Waals surface area contributed by atoms with Gasteiger partial charge in [0.05, 0.1) is 31.5 Å². The Balaban J connectivity index is 1.75. The Kier molecular flexibility index (Phi) is 7.24. The van der Waals surface area contributed by atoms with E-state index in [0.717, 1.165) is 16.8 Å². The highest BCUT2D eigenvalue weighted by molar-refractivity contribution is 5.97. The van der Waals surface area contributed by atoms with Crippen molar-refractivity contribution in [2.45, 2.75) is 20.3 Å². The van der Waals surface area contributed by atoms with E-state index in [4.69, 9.17) is 14.7 Å². The fourth-order valence-electron chi connectivity index (χ4n) is 3.30. The van der Waals surface area contributed by atoms with Crippen LogP contribution in [0.3, 0.4) is 0 Å². The Bertz CT molecular complexity index is 1130. The van der Waals surface area contributed by atoms with Gasteiger partial charge in [0.2, 0.25) is 5.69 Å². The predicted molar refractivity (Wildman–Crippen MR) is 119 cm³/mol. The van der Waals surface area contributed by atoms with Crippen LogP contribution in [0, 0.1) is 25.2 Å². The summed E-state index contributed by atoms with van der Waals surface area (Å²) in [5.41, 5.74) is 3.35. The minimum Gasteiger partial charge on any atom is -0.493 e. The largest absolute Gasteiger partial charge is 0.493 e. The van der Waals surface area contributed by atoms with Crippen LogP contribution in [0.15, 0.2) is 54.7 Å². The molecule has 0 atom stereocenters. The van der Waals surface area contributed by atoms with Gasteiger partial charge in [0, 0.05) is 12.2 Å². The molecule has 0 unspecified atom stereocenters. The van der Waals surface area contributed by atoms with Gasteiger partial charge in [-0.05, 0) is 49.2 Å². The Morgan fingerprint density at radius 1 is 1.12 bits per heavy atom. The Hall–Kier alpha value is -4.12. The van der Waals surface area contributed by atoms with Crippen molar-refractivity contribution < 1.29 is 19.1 Å². The highest BCUT2D eigenvalue weighted by atomic mass is 16.5. The number of amides is 1. The first-order valence-electron chi connectivity index (χ1n) is 10.0. The standard InChI is InChI=1S/C24H24N4O4/c1-17-12-18(2)14-20(13-17)27(11-7-10-25)22(29)16-32-24(30)23-21(31-3)15-28(26-23)19-8-5-4-6-9-19/h4-6,8-9,12-15H,7,11,16H2,1-3H3. The number of aryl methyl sites for hydroxylation is 2. The number of ether oxygens (including phenoxy) is 2. The maximum Gasteiger partial charge on any atom is 0.363 e. The van der Waals surface area contributed by atoms with Crippen molar-refractivity contribution in [3.63, 3.8) is 0 Å². The van der Waals surface area contributed by atoms with Crippen LogP contribution in [0.25, 0.3) is 5.69 Å². The van der Waals surface area contributed by atoms with Crippen molar-refractivity contribution in [1.82, 2.24) is 9.78 Å². The van der Waals surface area contributed by atoms with Gasteiger partial charge in [0.1, 0.15) is 0 Å². The number of aromatic nitrogens is 2. The van der Waals surface area contributed by atoms with Gasteiger partial charge < -0.3 is 14.4 Å². The molecular formula is C24H24N4O4. The average molecular weight is 432 g/mol. The molecule has 8 nitrogen and oxygen atoms in total. The van der Waals surface area contributed by atoms with Crippen LogP contribution < -0.4 is 9.64 Å². The molecule has 0 fully saturated rings. The quantitative estimate of drug-likeness (QED) is 0.505. The molecule has 1 amide bonds. The summed E-state index contributed by atoms with van der Waals surface area (Å²) in [5.74, 6) is -0.965. The molecule has 1 heterocycles. The van der Waals surface area contributed by atoms with Gasteiger partial charge in [-0.1, -0.05) is 24.3 Å². The lowest BCUT2D eigenvalue weighted by molar-refractivity contribution is -0.121. The first-order chi connectivity index (χ1) is 15.4. The summed E-state index contributed by atoms with van der Waals surface area (Å²) < 4.78 is 12.0. The second-order valence-corrected chi connectivity index (χ2v) is 7.20. The van der Waals surface area contributed by atoms with Crippen LogP contribution in [0.1, 0.15) is 28.0 Å². The number of carbonyl (C=O) groups is 2. The van der Waals surface area contributed by atoms with Gasteiger partial charge in [-0.25, -0.2) is 9.48 Å². The molecule has 1 aromatic heterocycles. The van der Waals surface area contributed by atoms with E-state index in [1.165, 1.54) is 16.7 Å². The van der Waals surface area contributed by atoms with Crippen LogP contribution in [0.4, 0.5) is 5.69 Å². The summed E-state index contributed by atoms with van der Waals surface area (Å²) in [6, 6.07) is 17.0. The van der Waals surface area contributed by atoms with Crippen molar-refractivity contribution in [3.05, 3.63) is 71.5 Å². The summed E-state index contributed by atoms with van der Waals surface area (Å²) >= 11 is 0. The molecular weight excluding hydrogens is 408 g/mol. The lowest BCUT2D eigenvalue weighted by atomic mass is 10.1. The number of carbonyl (C=O) groups excluding carboxylic acids is 2. The van der Waals surface area contributed by atoms with Gasteiger partial charge >= 0.3 is 5.97 Å². The number of hydrogen-bond acceptors (Lipinski definition) is 6. The van der Waals surface area contributed by atoms with E-state index < -0.39 is 18.5 Å². The molecule has 0 radical (unpaired) electrons. The number of methoxy groups -OCH3 is 1. The third kappa shape index (κ3) is 5.32. The number of hydrogen-bond donors (Lipinski definition) is 0. The maximum atomic E-state index is 12.9. The molecule has 164 valence electrons. The van der Waals surface area contributed by atoms with Gasteiger partial charge in [0.15, 0.2) is 12.4 Å². The average Bonchev–Trinajstić information content (AvgIpc) is 3.22. The second-order valence-electron chi connectivity index (χ2n) is 7.20. The van der Waals surface area contributed by atoms with Crippen molar-refractivity contribution in [2.24, 2.45) is 0 Å². The summed E-state index contributed by atoms with van der Waals surface area (Å²) in [6.07, 6.45) is 1.73. The number of rotatable bonds is 8. The molecule has 0 bridgehead atoms. The number of esters is 1. The summed E-state index contributed by atoms with van der Waals surface area (Å²) in [6.45, 7) is 3.57. The van der Waals surface area contributed by atoms with Gasteiger partial charge in [-0.15, -0.1) is 0 Å². The SMILES string of the molecule is COc1cn(-c2ccccc2)nc1C(=O)OCC(=O)N(CCC#N)c1cc(C)cc(C)c1. The van der Waals surface area contributed by atoms with E-state index in [9.17, 15) is 9.59 Å². The fraction of sp³-hybridized carbons (Fsp3) is 0.250. The van der Waals surface area contributed by atoms with E-state index >= 15 is 0 Å². The topological polar surface area (TPSA) is 97.5 Å². The molecule has 0 N–H and O–H groups in total. The second kappa shape index (κ2) is 10.3. The highest BCUT2D eigenvalue weighted by Gasteiger charge is 2.23. The summed E-state index contributed by atoms with van der Waals surface area (Å²) in [7, 11) is 1.43. The van der Waals surface area contributed by atoms with Crippen molar-refractivity contribution in [2.75, 3.05) is 25.2 Å². The van der Waals surface area contributed by atoms with Crippen molar-refractivity contribution in [3.8, 4) is 17.5 Å². The molecule has 8 heteroatoms. The molecule has 0 saturated carbocycles. The third-order valence-electron chi connectivity index (χ3n) is 4.71. The molecule has 32 heavy (non-hydrogen) atoms. The zero-order valence-corrected chi connectivity index (χ0v) is 18.2. The summed E-state index contributed by atoms with van der Waals surface area (Å²) in [5, 5.41) is 13.2. The van der Waals surface area contributed by atoms with Gasteiger partial charge in [-0.3, -0.25) is 4.79 Å². The molecule has 3 rings (SSSR count). The van der Waals surface area contributed by atoms with E-state index in [1.807, 2.05) is 68.4 Å². The Morgan fingerprint density at radius 3 is 2.44 bits per heavy atom. The smallest absolute Gasteiger partial charge is 0.363 e. The van der Waals surface area contributed by atoms with Gasteiger partial charge in [0.25, 0.3) is 5.91 Å². The van der Waals surface area contributed by atoms with Crippen molar-refractivity contribution in [1.29, 1.82) is 5.26 Å². The van der Waals surface area contributed by atoms with Crippen LogP contribution in [-0.4, -0.2) is 41.9 Å². The molecule has 0 aliphatic rings. The number of nitrogens with zero attached hydrogens (tertiary/aromatic N) is 4. The zero-order valence-electron chi connectivity index (χ0n) is 18.2. The maximum absolute atomic E-state index is 12.9. The number of nitriles is 1. The zero-order chi connectivity index (χ0) is 23.1. The number of benzene rings is 2. The van der Waals surface area contributed by atoms with Crippen LogP contribution in [-0.2, 0) is 9.53 Å². The Labute approximate surface area is 186 Å². The van der Waals surface area contributed by atoms with E-state index in [2.05, 4.69) is 5.10 Å². The number of para-hydroxylation sites is 1. The van der Waals surface area contributed by atoms with Crippen molar-refractivity contribution >= 4 is 17.6 Å². The highest BCUT2D eigenvalue weighted by Crippen LogP contribution is 2.22. The minimum atomic E-state index is -0.773. The molecule has 0 aliphatic carbocycles. The van der Waals surface area contributed by atoms with Gasteiger partial charge in [-0.2, -0.15) is 10.4 Å². The monoisotopic (exact) mass is 432 g/mol. The lowest BCUT2D eigenvalue weighted by Gasteiger charge is -2.22. The van der Waals surface area contributed by atoms with Crippen LogP contribution in [0.5, 0.6) is 5.75 Å². The minimum absolute atomic E-state index is 0.0286. The first kappa shape index (κ1) is 22.6. The normalized spacial score (nSPS) is 10.3. The Morgan fingerprint density at radius 2 is 1.81 bits per heavy atom. The predicted octanol–water partition coefficient (Wildman–Crippen LogP) is 3.60. The number of anilines is 1. The molecule has 2 aromatic carbocycles. The van der Waals surface area contributed by atoms with Crippen LogP contribution >= 0.6 is 0 Å². The molecule has 0 aliphatic heterocycles. The van der Waals surface area contributed by atoms with E-state index in [-0.39, 0.29) is 24.4 Å². The molecule has 0 spiro atoms. The van der Waals surface area contributed by atoms with E-state index in [1.54, 1.807) is 6.20 Å². The van der Waals surface area contributed by atoms with E-state index in [0.29, 0.717) is 5.69 Å². The molecule has 0 saturated heterocycles. The lowest BCUT2D eigenvalue weighted by Crippen LogP contribution is -2.35. The summed E-state index contributed by atoms with van der Waals surface area (Å²) in [4.78, 5) is 27.0.